The zero-order valence-electron chi connectivity index (χ0n) is 14.0. The van der Waals surface area contributed by atoms with Crippen LogP contribution in [0.4, 0.5) is 13.2 Å². The molecule has 1 amide bonds. The molecule has 1 unspecified atom stereocenters. The molecule has 0 aromatic heterocycles. The fraction of sp³-hybridized carbons (Fsp3) is 0.235. The molecule has 2 N–H and O–H groups in total. The Hall–Kier alpha value is -2.10. The lowest BCUT2D eigenvalue weighted by atomic mass is 10.2. The summed E-state index contributed by atoms with van der Waals surface area (Å²) in [5.41, 5.74) is -0.457. The van der Waals surface area contributed by atoms with Crippen LogP contribution < -0.4 is 10.0 Å². The Kier molecular flexibility index (Phi) is 6.50. The van der Waals surface area contributed by atoms with E-state index in [1.807, 2.05) is 0 Å². The number of nitrogens with one attached hydrogen (secondary N) is 2. The number of amides is 1. The fourth-order valence-corrected chi connectivity index (χ4v) is 3.62. The Bertz CT molecular complexity index is 933. The third-order valence-corrected chi connectivity index (χ3v) is 5.51. The van der Waals surface area contributed by atoms with Crippen molar-refractivity contribution in [1.82, 2.24) is 10.0 Å². The van der Waals surface area contributed by atoms with Crippen LogP contribution in [0.5, 0.6) is 0 Å². The molecule has 5 nitrogen and oxygen atoms in total. The highest BCUT2D eigenvalue weighted by molar-refractivity contribution is 7.89. The minimum Gasteiger partial charge on any atom is -0.351 e. The van der Waals surface area contributed by atoms with E-state index in [4.69, 9.17) is 11.6 Å². The summed E-state index contributed by atoms with van der Waals surface area (Å²) in [6.07, 6.45) is -4.68. The molecule has 2 aromatic rings. The Morgan fingerprint density at radius 1 is 1.15 bits per heavy atom. The number of rotatable bonds is 6. The van der Waals surface area contributed by atoms with Crippen molar-refractivity contribution < 1.29 is 26.4 Å². The summed E-state index contributed by atoms with van der Waals surface area (Å²) in [6, 6.07) is 8.86. The van der Waals surface area contributed by atoms with E-state index in [0.29, 0.717) is 16.7 Å². The van der Waals surface area contributed by atoms with Gasteiger partial charge in [0.25, 0.3) is 0 Å². The van der Waals surface area contributed by atoms with Crippen molar-refractivity contribution in [1.29, 1.82) is 0 Å². The molecule has 0 aliphatic carbocycles. The third-order valence-electron chi connectivity index (χ3n) is 3.61. The predicted octanol–water partition coefficient (Wildman–Crippen LogP) is 3.34. The molecular formula is C17H16ClF3N2O3S. The van der Waals surface area contributed by atoms with Crippen LogP contribution in [0.2, 0.25) is 5.02 Å². The molecule has 0 spiro atoms. The highest BCUT2D eigenvalue weighted by atomic mass is 35.5. The molecule has 0 saturated carbocycles. The van der Waals surface area contributed by atoms with Crippen molar-refractivity contribution >= 4 is 27.5 Å². The van der Waals surface area contributed by atoms with E-state index < -0.39 is 38.6 Å². The SMILES string of the molecule is CC(NS(=O)(=O)c1cccc(C(F)(F)F)c1)C(=O)NCc1ccccc1Cl. The zero-order chi connectivity index (χ0) is 20.2. The van der Waals surface area contributed by atoms with Crippen LogP contribution in [-0.2, 0) is 27.5 Å². The van der Waals surface area contributed by atoms with E-state index in [1.165, 1.54) is 6.92 Å². The van der Waals surface area contributed by atoms with Crippen LogP contribution in [-0.4, -0.2) is 20.4 Å². The maximum Gasteiger partial charge on any atom is 0.416 e. The minimum absolute atomic E-state index is 0.0775. The van der Waals surface area contributed by atoms with Crippen molar-refractivity contribution in [3.8, 4) is 0 Å². The van der Waals surface area contributed by atoms with Gasteiger partial charge in [-0.25, -0.2) is 8.42 Å². The second-order valence-corrected chi connectivity index (χ2v) is 7.80. The normalized spacial score (nSPS) is 13.2. The number of carbonyl (C=O) groups is 1. The maximum atomic E-state index is 12.8. The molecule has 0 bridgehead atoms. The van der Waals surface area contributed by atoms with Gasteiger partial charge in [0.2, 0.25) is 15.9 Å². The largest absolute Gasteiger partial charge is 0.416 e. The lowest BCUT2D eigenvalue weighted by molar-refractivity contribution is -0.137. The van der Waals surface area contributed by atoms with Gasteiger partial charge in [-0.05, 0) is 36.8 Å². The quantitative estimate of drug-likeness (QED) is 0.752. The Morgan fingerprint density at radius 2 is 1.81 bits per heavy atom. The van der Waals surface area contributed by atoms with Crippen LogP contribution in [0, 0.1) is 0 Å². The number of sulfonamides is 1. The van der Waals surface area contributed by atoms with Gasteiger partial charge in [0, 0.05) is 11.6 Å². The predicted molar refractivity (Wildman–Crippen MR) is 94.5 cm³/mol. The van der Waals surface area contributed by atoms with E-state index >= 15 is 0 Å². The molecule has 146 valence electrons. The summed E-state index contributed by atoms with van der Waals surface area (Å²) in [6.45, 7) is 1.36. The molecule has 10 heteroatoms. The number of carbonyl (C=O) groups excluding carboxylic acids is 1. The molecule has 0 fully saturated rings. The monoisotopic (exact) mass is 420 g/mol. The maximum absolute atomic E-state index is 12.8. The molecule has 0 heterocycles. The molecule has 0 aliphatic rings. The summed E-state index contributed by atoms with van der Waals surface area (Å²) < 4.78 is 64.9. The van der Waals surface area contributed by atoms with Crippen molar-refractivity contribution in [3.05, 3.63) is 64.7 Å². The number of hydrogen-bond acceptors (Lipinski definition) is 3. The van der Waals surface area contributed by atoms with Gasteiger partial charge in [-0.3, -0.25) is 4.79 Å². The first-order valence-electron chi connectivity index (χ1n) is 7.71. The van der Waals surface area contributed by atoms with Crippen LogP contribution in [0.15, 0.2) is 53.4 Å². The van der Waals surface area contributed by atoms with Gasteiger partial charge in [0.15, 0.2) is 0 Å². The Labute approximate surface area is 159 Å². The van der Waals surface area contributed by atoms with Crippen LogP contribution >= 0.6 is 11.6 Å². The lowest BCUT2D eigenvalue weighted by Gasteiger charge is -2.15. The van der Waals surface area contributed by atoms with Crippen molar-refractivity contribution in [3.63, 3.8) is 0 Å². The fourth-order valence-electron chi connectivity index (χ4n) is 2.17. The van der Waals surface area contributed by atoms with Crippen LogP contribution in [0.25, 0.3) is 0 Å². The topological polar surface area (TPSA) is 75.3 Å². The highest BCUT2D eigenvalue weighted by Crippen LogP contribution is 2.30. The average Bonchev–Trinajstić information content (AvgIpc) is 2.59. The number of alkyl halides is 3. The molecule has 1 atom stereocenters. The van der Waals surface area contributed by atoms with Crippen molar-refractivity contribution in [2.75, 3.05) is 0 Å². The first-order valence-corrected chi connectivity index (χ1v) is 9.57. The van der Waals surface area contributed by atoms with E-state index in [2.05, 4.69) is 10.0 Å². The van der Waals surface area contributed by atoms with Gasteiger partial charge in [-0.1, -0.05) is 35.9 Å². The van der Waals surface area contributed by atoms with E-state index in [1.54, 1.807) is 24.3 Å². The molecule has 2 aromatic carbocycles. The van der Waals surface area contributed by atoms with Crippen molar-refractivity contribution in [2.45, 2.75) is 30.6 Å². The first kappa shape index (κ1) is 21.2. The number of hydrogen-bond donors (Lipinski definition) is 2. The Balaban J connectivity index is 2.06. The number of benzene rings is 2. The third kappa shape index (κ3) is 5.69. The molecule has 0 aliphatic heterocycles. The zero-order valence-corrected chi connectivity index (χ0v) is 15.6. The molecule has 0 saturated heterocycles. The smallest absolute Gasteiger partial charge is 0.351 e. The second kappa shape index (κ2) is 8.28. The summed E-state index contributed by atoms with van der Waals surface area (Å²) in [5.74, 6) is -0.648. The number of halogens is 4. The van der Waals surface area contributed by atoms with Crippen LogP contribution in [0.3, 0.4) is 0 Å². The molecule has 27 heavy (non-hydrogen) atoms. The molecule has 0 radical (unpaired) electrons. The van der Waals surface area contributed by atoms with E-state index in [0.717, 1.165) is 18.2 Å². The van der Waals surface area contributed by atoms with Gasteiger partial charge in [0.05, 0.1) is 16.5 Å². The van der Waals surface area contributed by atoms with Gasteiger partial charge in [-0.15, -0.1) is 0 Å². The van der Waals surface area contributed by atoms with Crippen LogP contribution in [0.1, 0.15) is 18.1 Å². The minimum atomic E-state index is -4.68. The summed E-state index contributed by atoms with van der Waals surface area (Å²) in [7, 11) is -4.32. The van der Waals surface area contributed by atoms with E-state index in [-0.39, 0.29) is 6.54 Å². The summed E-state index contributed by atoms with van der Waals surface area (Å²) in [4.78, 5) is 11.5. The van der Waals surface area contributed by atoms with Gasteiger partial charge < -0.3 is 5.32 Å². The lowest BCUT2D eigenvalue weighted by Crippen LogP contribution is -2.44. The van der Waals surface area contributed by atoms with Gasteiger partial charge in [-0.2, -0.15) is 17.9 Å². The average molecular weight is 421 g/mol. The summed E-state index contributed by atoms with van der Waals surface area (Å²) in [5, 5.41) is 2.96. The van der Waals surface area contributed by atoms with Gasteiger partial charge in [0.1, 0.15) is 0 Å². The Morgan fingerprint density at radius 3 is 2.44 bits per heavy atom. The standard InChI is InChI=1S/C17H16ClF3N2O3S/c1-11(16(24)22-10-12-5-2-3-8-15(12)18)23-27(25,26)14-7-4-6-13(9-14)17(19,20)21/h2-9,11,23H,10H2,1H3,(H,22,24). The summed E-state index contributed by atoms with van der Waals surface area (Å²) >= 11 is 5.97. The second-order valence-electron chi connectivity index (χ2n) is 5.68. The first-order chi connectivity index (χ1) is 12.5. The van der Waals surface area contributed by atoms with Crippen molar-refractivity contribution in [2.24, 2.45) is 0 Å². The molecule has 2 rings (SSSR count). The highest BCUT2D eigenvalue weighted by Gasteiger charge is 2.32. The van der Waals surface area contributed by atoms with Gasteiger partial charge >= 0.3 is 6.18 Å². The van der Waals surface area contributed by atoms with E-state index in [9.17, 15) is 26.4 Å². The molecular weight excluding hydrogens is 405 g/mol.